The molecule has 5 nitrogen and oxygen atoms in total. The van der Waals surface area contributed by atoms with E-state index in [1.54, 1.807) is 11.6 Å². The van der Waals surface area contributed by atoms with Crippen LogP contribution in [0, 0.1) is 13.8 Å². The molecule has 2 aromatic rings. The highest BCUT2D eigenvalue weighted by Crippen LogP contribution is 2.36. The number of rotatable bonds is 2. The number of carbonyl (C=O) groups is 1. The SMILES string of the molecule is Cc1cc2c(cc1NC(=O)c1scnc1C)OCO2. The van der Waals surface area contributed by atoms with Gasteiger partial charge in [-0.3, -0.25) is 4.79 Å². The van der Waals surface area contributed by atoms with Crippen molar-refractivity contribution in [1.82, 2.24) is 4.98 Å². The molecule has 98 valence electrons. The minimum absolute atomic E-state index is 0.151. The second-order valence-electron chi connectivity index (χ2n) is 4.24. The molecular weight excluding hydrogens is 264 g/mol. The van der Waals surface area contributed by atoms with Crippen LogP contribution in [-0.4, -0.2) is 17.7 Å². The van der Waals surface area contributed by atoms with E-state index in [9.17, 15) is 4.79 Å². The highest BCUT2D eigenvalue weighted by molar-refractivity contribution is 7.12. The smallest absolute Gasteiger partial charge is 0.267 e. The molecule has 1 aromatic carbocycles. The monoisotopic (exact) mass is 276 g/mol. The molecule has 1 aliphatic rings. The van der Waals surface area contributed by atoms with Gasteiger partial charge in [-0.2, -0.15) is 0 Å². The first-order valence-corrected chi connectivity index (χ1v) is 6.65. The summed E-state index contributed by atoms with van der Waals surface area (Å²) >= 11 is 1.33. The van der Waals surface area contributed by atoms with Gasteiger partial charge in [-0.1, -0.05) is 0 Å². The Morgan fingerprint density at radius 1 is 1.32 bits per heavy atom. The van der Waals surface area contributed by atoms with E-state index in [0.717, 1.165) is 16.9 Å². The Morgan fingerprint density at radius 2 is 2.05 bits per heavy atom. The molecular formula is C13H12N2O3S. The van der Waals surface area contributed by atoms with Crippen LogP contribution < -0.4 is 14.8 Å². The fourth-order valence-electron chi connectivity index (χ4n) is 1.88. The Labute approximate surface area is 114 Å². The van der Waals surface area contributed by atoms with Crippen molar-refractivity contribution < 1.29 is 14.3 Å². The van der Waals surface area contributed by atoms with Crippen LogP contribution in [-0.2, 0) is 0 Å². The maximum Gasteiger partial charge on any atom is 0.267 e. The van der Waals surface area contributed by atoms with E-state index >= 15 is 0 Å². The van der Waals surface area contributed by atoms with Gasteiger partial charge in [0, 0.05) is 11.8 Å². The van der Waals surface area contributed by atoms with E-state index in [1.165, 1.54) is 11.3 Å². The molecule has 0 saturated heterocycles. The predicted molar refractivity (Wildman–Crippen MR) is 72.1 cm³/mol. The van der Waals surface area contributed by atoms with E-state index < -0.39 is 0 Å². The number of thiazole rings is 1. The summed E-state index contributed by atoms with van der Waals surface area (Å²) in [7, 11) is 0. The minimum Gasteiger partial charge on any atom is -0.454 e. The van der Waals surface area contributed by atoms with Gasteiger partial charge in [-0.05, 0) is 25.5 Å². The Morgan fingerprint density at radius 3 is 2.74 bits per heavy atom. The molecule has 19 heavy (non-hydrogen) atoms. The molecule has 2 heterocycles. The van der Waals surface area contributed by atoms with E-state index in [4.69, 9.17) is 9.47 Å². The van der Waals surface area contributed by atoms with Crippen LogP contribution >= 0.6 is 11.3 Å². The number of amides is 1. The van der Waals surface area contributed by atoms with Gasteiger partial charge in [-0.15, -0.1) is 11.3 Å². The number of hydrogen-bond donors (Lipinski definition) is 1. The summed E-state index contributed by atoms with van der Waals surface area (Å²) in [6, 6.07) is 3.64. The molecule has 6 heteroatoms. The van der Waals surface area contributed by atoms with Gasteiger partial charge in [0.25, 0.3) is 5.91 Å². The summed E-state index contributed by atoms with van der Waals surface area (Å²) in [4.78, 5) is 16.8. The number of benzene rings is 1. The molecule has 0 spiro atoms. The average molecular weight is 276 g/mol. The van der Waals surface area contributed by atoms with Crippen LogP contribution in [0.1, 0.15) is 20.9 Å². The molecule has 1 aromatic heterocycles. The third-order valence-electron chi connectivity index (χ3n) is 2.92. The molecule has 0 saturated carbocycles. The second-order valence-corrected chi connectivity index (χ2v) is 5.10. The first-order valence-electron chi connectivity index (χ1n) is 5.77. The first-order chi connectivity index (χ1) is 9.15. The number of aryl methyl sites for hydroxylation is 2. The Balaban J connectivity index is 1.88. The van der Waals surface area contributed by atoms with Crippen LogP contribution in [0.5, 0.6) is 11.5 Å². The number of aromatic nitrogens is 1. The molecule has 0 aliphatic carbocycles. The second kappa shape index (κ2) is 4.55. The normalized spacial score (nSPS) is 12.5. The van der Waals surface area contributed by atoms with Gasteiger partial charge >= 0.3 is 0 Å². The molecule has 0 fully saturated rings. The third-order valence-corrected chi connectivity index (χ3v) is 3.85. The molecule has 1 N–H and O–H groups in total. The number of nitrogens with one attached hydrogen (secondary N) is 1. The number of nitrogens with zero attached hydrogens (tertiary/aromatic N) is 1. The summed E-state index contributed by atoms with van der Waals surface area (Å²) in [6.07, 6.45) is 0. The first kappa shape index (κ1) is 12.0. The summed E-state index contributed by atoms with van der Waals surface area (Å²) < 4.78 is 10.6. The molecule has 0 atom stereocenters. The quantitative estimate of drug-likeness (QED) is 0.916. The Bertz CT molecular complexity index is 651. The van der Waals surface area contributed by atoms with Gasteiger partial charge in [-0.25, -0.2) is 4.98 Å². The molecule has 1 amide bonds. The fourth-order valence-corrected chi connectivity index (χ4v) is 2.57. The van der Waals surface area contributed by atoms with Crippen molar-refractivity contribution in [3.8, 4) is 11.5 Å². The number of ether oxygens (including phenoxy) is 2. The zero-order valence-electron chi connectivity index (χ0n) is 10.5. The third kappa shape index (κ3) is 2.15. The maximum absolute atomic E-state index is 12.1. The number of anilines is 1. The van der Waals surface area contributed by atoms with Crippen molar-refractivity contribution >= 4 is 22.9 Å². The van der Waals surface area contributed by atoms with Crippen molar-refractivity contribution in [2.45, 2.75) is 13.8 Å². The number of hydrogen-bond acceptors (Lipinski definition) is 5. The zero-order valence-corrected chi connectivity index (χ0v) is 11.3. The summed E-state index contributed by atoms with van der Waals surface area (Å²) in [5.74, 6) is 1.22. The molecule has 3 rings (SSSR count). The molecule has 1 aliphatic heterocycles. The summed E-state index contributed by atoms with van der Waals surface area (Å²) in [5, 5.41) is 2.88. The lowest BCUT2D eigenvalue weighted by atomic mass is 10.1. The van der Waals surface area contributed by atoms with Gasteiger partial charge in [0.15, 0.2) is 11.5 Å². The largest absolute Gasteiger partial charge is 0.454 e. The van der Waals surface area contributed by atoms with E-state index in [-0.39, 0.29) is 12.7 Å². The number of fused-ring (bicyclic) bond motifs is 1. The Hall–Kier alpha value is -2.08. The van der Waals surface area contributed by atoms with Crippen molar-refractivity contribution in [3.05, 3.63) is 33.8 Å². The average Bonchev–Trinajstić information content (AvgIpc) is 2.98. The van der Waals surface area contributed by atoms with Gasteiger partial charge < -0.3 is 14.8 Å². The highest BCUT2D eigenvalue weighted by atomic mass is 32.1. The highest BCUT2D eigenvalue weighted by Gasteiger charge is 2.18. The number of carbonyl (C=O) groups excluding carboxylic acids is 1. The van der Waals surface area contributed by atoms with Crippen LogP contribution in [0.25, 0.3) is 0 Å². The lowest BCUT2D eigenvalue weighted by molar-refractivity contribution is 0.102. The van der Waals surface area contributed by atoms with Gasteiger partial charge in [0.1, 0.15) is 4.88 Å². The minimum atomic E-state index is -0.151. The molecule has 0 unspecified atom stereocenters. The van der Waals surface area contributed by atoms with Crippen LogP contribution in [0.2, 0.25) is 0 Å². The maximum atomic E-state index is 12.1. The Kier molecular flexibility index (Phi) is 2.87. The van der Waals surface area contributed by atoms with Crippen LogP contribution in [0.3, 0.4) is 0 Å². The topological polar surface area (TPSA) is 60.5 Å². The molecule has 0 bridgehead atoms. The summed E-state index contributed by atoms with van der Waals surface area (Å²) in [6.45, 7) is 3.95. The standard InChI is InChI=1S/C13H12N2O3S/c1-7-3-10-11(18-6-17-10)4-9(7)15-13(16)12-8(2)14-5-19-12/h3-5H,6H2,1-2H3,(H,15,16). The molecule has 0 radical (unpaired) electrons. The van der Waals surface area contributed by atoms with Crippen molar-refractivity contribution in [2.75, 3.05) is 12.1 Å². The lowest BCUT2D eigenvalue weighted by Gasteiger charge is -2.09. The van der Waals surface area contributed by atoms with Crippen molar-refractivity contribution in [2.24, 2.45) is 0 Å². The zero-order chi connectivity index (χ0) is 13.4. The predicted octanol–water partition coefficient (Wildman–Crippen LogP) is 2.74. The van der Waals surface area contributed by atoms with Gasteiger partial charge in [0.2, 0.25) is 6.79 Å². The summed E-state index contributed by atoms with van der Waals surface area (Å²) in [5.41, 5.74) is 4.05. The van der Waals surface area contributed by atoms with E-state index in [1.807, 2.05) is 19.9 Å². The van der Waals surface area contributed by atoms with Crippen molar-refractivity contribution in [1.29, 1.82) is 0 Å². The van der Waals surface area contributed by atoms with Gasteiger partial charge in [0.05, 0.1) is 11.2 Å². The fraction of sp³-hybridized carbons (Fsp3) is 0.231. The van der Waals surface area contributed by atoms with Crippen LogP contribution in [0.15, 0.2) is 17.6 Å². The van der Waals surface area contributed by atoms with E-state index in [2.05, 4.69) is 10.3 Å². The van der Waals surface area contributed by atoms with E-state index in [0.29, 0.717) is 16.4 Å². The van der Waals surface area contributed by atoms with Crippen molar-refractivity contribution in [3.63, 3.8) is 0 Å². The van der Waals surface area contributed by atoms with Crippen LogP contribution in [0.4, 0.5) is 5.69 Å². The lowest BCUT2D eigenvalue weighted by Crippen LogP contribution is -2.12.